The van der Waals surface area contributed by atoms with Crippen LogP contribution >= 0.6 is 11.3 Å². The summed E-state index contributed by atoms with van der Waals surface area (Å²) in [6.07, 6.45) is 1.61. The fourth-order valence-electron chi connectivity index (χ4n) is 2.87. The Labute approximate surface area is 141 Å². The Bertz CT molecular complexity index is 1040. The number of hydrogen-bond acceptors (Lipinski definition) is 5. The van der Waals surface area contributed by atoms with Crippen molar-refractivity contribution in [3.63, 3.8) is 0 Å². The van der Waals surface area contributed by atoms with Crippen LogP contribution in [0.5, 0.6) is 0 Å². The number of rotatable bonds is 2. The van der Waals surface area contributed by atoms with Gasteiger partial charge in [0.15, 0.2) is 10.9 Å². The van der Waals surface area contributed by atoms with Gasteiger partial charge in [0, 0.05) is 18.4 Å². The van der Waals surface area contributed by atoms with Gasteiger partial charge in [-0.05, 0) is 32.9 Å². The van der Waals surface area contributed by atoms with Crippen LogP contribution in [-0.2, 0) is 7.05 Å². The first-order chi connectivity index (χ1) is 11.5. The third-order valence-electron chi connectivity index (χ3n) is 4.05. The van der Waals surface area contributed by atoms with Crippen LogP contribution in [0.3, 0.4) is 0 Å². The van der Waals surface area contributed by atoms with Gasteiger partial charge in [-0.2, -0.15) is 0 Å². The van der Waals surface area contributed by atoms with Gasteiger partial charge in [0.25, 0.3) is 0 Å². The number of hydrogen-bond donors (Lipinski definition) is 0. The maximum Gasteiger partial charge on any atom is 0.195 e. The Hall–Kier alpha value is -2.61. The number of aryl methyl sites for hydroxylation is 4. The van der Waals surface area contributed by atoms with Crippen LogP contribution in [0.15, 0.2) is 18.3 Å². The molecular formula is C16H15FN6S. The van der Waals surface area contributed by atoms with Crippen molar-refractivity contribution in [3.8, 4) is 16.5 Å². The molecule has 0 aromatic carbocycles. The molecule has 4 aromatic rings. The van der Waals surface area contributed by atoms with Gasteiger partial charge in [0.05, 0.1) is 16.6 Å². The summed E-state index contributed by atoms with van der Waals surface area (Å²) >= 11 is 1.32. The van der Waals surface area contributed by atoms with Crippen LogP contribution in [0.1, 0.15) is 17.1 Å². The minimum Gasteiger partial charge on any atom is -0.295 e. The molecule has 0 saturated heterocycles. The van der Waals surface area contributed by atoms with Crippen molar-refractivity contribution in [1.82, 2.24) is 29.5 Å². The zero-order valence-corrected chi connectivity index (χ0v) is 14.5. The molecule has 0 aliphatic heterocycles. The Kier molecular flexibility index (Phi) is 3.24. The van der Waals surface area contributed by atoms with E-state index in [-0.39, 0.29) is 11.5 Å². The Balaban J connectivity index is 1.95. The van der Waals surface area contributed by atoms with E-state index in [0.29, 0.717) is 21.6 Å². The third kappa shape index (κ3) is 2.06. The Morgan fingerprint density at radius 3 is 2.46 bits per heavy atom. The second kappa shape index (κ2) is 5.20. The first-order valence-electron chi connectivity index (χ1n) is 7.44. The molecule has 122 valence electrons. The van der Waals surface area contributed by atoms with Gasteiger partial charge in [-0.25, -0.2) is 19.0 Å². The first kappa shape index (κ1) is 14.9. The SMILES string of the molecule is Cc1nnn(C)c1-c1ncc2nc(-n3c(C)ccc3C)sc2c1F. The van der Waals surface area contributed by atoms with E-state index in [4.69, 9.17) is 0 Å². The predicted molar refractivity (Wildman–Crippen MR) is 90.9 cm³/mol. The molecular weight excluding hydrogens is 327 g/mol. The summed E-state index contributed by atoms with van der Waals surface area (Å²) in [5.74, 6) is -0.382. The first-order valence-corrected chi connectivity index (χ1v) is 8.26. The second-order valence-electron chi connectivity index (χ2n) is 5.73. The largest absolute Gasteiger partial charge is 0.295 e. The molecule has 0 unspecified atom stereocenters. The minimum absolute atomic E-state index is 0.253. The van der Waals surface area contributed by atoms with Crippen molar-refractivity contribution in [2.75, 3.05) is 0 Å². The van der Waals surface area contributed by atoms with E-state index in [1.807, 2.05) is 30.5 Å². The number of fused-ring (bicyclic) bond motifs is 1. The molecule has 0 saturated carbocycles. The summed E-state index contributed by atoms with van der Waals surface area (Å²) in [7, 11) is 1.73. The topological polar surface area (TPSA) is 61.4 Å². The molecule has 0 aliphatic carbocycles. The number of aromatic nitrogens is 6. The second-order valence-corrected chi connectivity index (χ2v) is 6.71. The van der Waals surface area contributed by atoms with Crippen molar-refractivity contribution in [2.24, 2.45) is 7.05 Å². The average molecular weight is 342 g/mol. The molecule has 0 aliphatic rings. The molecule has 0 spiro atoms. The summed E-state index contributed by atoms with van der Waals surface area (Å²) in [5, 5.41) is 8.64. The molecule has 0 N–H and O–H groups in total. The highest BCUT2D eigenvalue weighted by Gasteiger charge is 2.20. The maximum atomic E-state index is 15.1. The van der Waals surface area contributed by atoms with Crippen molar-refractivity contribution in [1.29, 1.82) is 0 Å². The maximum absolute atomic E-state index is 15.1. The normalized spacial score (nSPS) is 11.5. The fourth-order valence-corrected chi connectivity index (χ4v) is 3.97. The number of halogens is 1. The molecule has 6 nitrogen and oxygen atoms in total. The van der Waals surface area contributed by atoms with Gasteiger partial charge in [0.1, 0.15) is 16.9 Å². The van der Waals surface area contributed by atoms with Crippen LogP contribution in [0.4, 0.5) is 4.39 Å². The lowest BCUT2D eigenvalue weighted by Crippen LogP contribution is -1.99. The summed E-state index contributed by atoms with van der Waals surface area (Å²) in [4.78, 5) is 8.82. The summed E-state index contributed by atoms with van der Waals surface area (Å²) in [6.45, 7) is 5.80. The smallest absolute Gasteiger partial charge is 0.195 e. The molecule has 0 bridgehead atoms. The summed E-state index contributed by atoms with van der Waals surface area (Å²) in [6, 6.07) is 4.04. The van der Waals surface area contributed by atoms with Crippen LogP contribution < -0.4 is 0 Å². The van der Waals surface area contributed by atoms with E-state index in [1.54, 1.807) is 20.2 Å². The number of nitrogens with zero attached hydrogens (tertiary/aromatic N) is 6. The average Bonchev–Trinajstić information content (AvgIpc) is 3.20. The van der Waals surface area contributed by atoms with Gasteiger partial charge in [-0.1, -0.05) is 16.6 Å². The van der Waals surface area contributed by atoms with Crippen LogP contribution in [0.25, 0.3) is 26.7 Å². The lowest BCUT2D eigenvalue weighted by molar-refractivity contribution is 0.634. The predicted octanol–water partition coefficient (Wildman–Crippen LogP) is 3.34. The standard InChI is InChI=1S/C16H15FN6S/c1-8-5-6-9(2)23(8)16-19-11-7-18-13(12(17)15(11)24-16)14-10(3)20-21-22(14)4/h5-7H,1-4H3. The van der Waals surface area contributed by atoms with E-state index in [1.165, 1.54) is 16.0 Å². The summed E-state index contributed by atoms with van der Waals surface area (Å²) < 4.78 is 19.1. The monoisotopic (exact) mass is 342 g/mol. The highest BCUT2D eigenvalue weighted by molar-refractivity contribution is 7.20. The van der Waals surface area contributed by atoms with Crippen molar-refractivity contribution in [2.45, 2.75) is 20.8 Å². The van der Waals surface area contributed by atoms with Gasteiger partial charge in [0.2, 0.25) is 0 Å². The number of pyridine rings is 1. The van der Waals surface area contributed by atoms with Crippen LogP contribution in [0.2, 0.25) is 0 Å². The van der Waals surface area contributed by atoms with Crippen LogP contribution in [0, 0.1) is 26.6 Å². The van der Waals surface area contributed by atoms with Gasteiger partial charge in [-0.15, -0.1) is 5.10 Å². The molecule has 4 aromatic heterocycles. The molecule has 0 radical (unpaired) electrons. The van der Waals surface area contributed by atoms with E-state index < -0.39 is 0 Å². The summed E-state index contributed by atoms with van der Waals surface area (Å²) in [5.41, 5.74) is 4.15. The molecule has 0 amide bonds. The third-order valence-corrected chi connectivity index (χ3v) is 5.10. The highest BCUT2D eigenvalue weighted by Crippen LogP contribution is 2.33. The number of thiazole rings is 1. The Morgan fingerprint density at radius 1 is 1.12 bits per heavy atom. The fraction of sp³-hybridized carbons (Fsp3) is 0.250. The van der Waals surface area contributed by atoms with Gasteiger partial charge >= 0.3 is 0 Å². The molecule has 0 fully saturated rings. The molecule has 8 heteroatoms. The van der Waals surface area contributed by atoms with Crippen LogP contribution in [-0.4, -0.2) is 29.5 Å². The molecule has 0 atom stereocenters. The van der Waals surface area contributed by atoms with E-state index >= 15 is 4.39 Å². The van der Waals surface area contributed by atoms with Crippen molar-refractivity contribution < 1.29 is 4.39 Å². The van der Waals surface area contributed by atoms with Crippen molar-refractivity contribution in [3.05, 3.63) is 41.2 Å². The van der Waals surface area contributed by atoms with Gasteiger partial charge in [-0.3, -0.25) is 4.57 Å². The zero-order valence-electron chi connectivity index (χ0n) is 13.7. The van der Waals surface area contributed by atoms with E-state index in [2.05, 4.69) is 20.3 Å². The van der Waals surface area contributed by atoms with Gasteiger partial charge < -0.3 is 0 Å². The molecule has 24 heavy (non-hydrogen) atoms. The highest BCUT2D eigenvalue weighted by atomic mass is 32.1. The van der Waals surface area contributed by atoms with E-state index in [9.17, 15) is 0 Å². The minimum atomic E-state index is -0.382. The zero-order chi connectivity index (χ0) is 17.0. The van der Waals surface area contributed by atoms with E-state index in [0.717, 1.165) is 16.5 Å². The molecule has 4 rings (SSSR count). The lowest BCUT2D eigenvalue weighted by Gasteiger charge is -2.03. The lowest BCUT2D eigenvalue weighted by atomic mass is 10.2. The quantitative estimate of drug-likeness (QED) is 0.560. The van der Waals surface area contributed by atoms with Crippen molar-refractivity contribution >= 4 is 21.6 Å². The Morgan fingerprint density at radius 2 is 1.83 bits per heavy atom. The molecule has 4 heterocycles.